The van der Waals surface area contributed by atoms with Crippen LogP contribution in [-0.4, -0.2) is 11.5 Å². The first-order valence-electron chi connectivity index (χ1n) is 6.63. The van der Waals surface area contributed by atoms with Gasteiger partial charge in [0, 0.05) is 12.1 Å². The zero-order valence-corrected chi connectivity index (χ0v) is 11.6. The van der Waals surface area contributed by atoms with Crippen LogP contribution in [-0.2, 0) is 6.42 Å². The molecule has 1 aromatic carbocycles. The van der Waals surface area contributed by atoms with Crippen molar-refractivity contribution in [2.24, 2.45) is 0 Å². The van der Waals surface area contributed by atoms with E-state index in [-0.39, 0.29) is 16.7 Å². The molecule has 0 amide bonds. The second kappa shape index (κ2) is 6.34. The van der Waals surface area contributed by atoms with E-state index in [1.807, 2.05) is 26.0 Å². The molecule has 5 nitrogen and oxygen atoms in total. The summed E-state index contributed by atoms with van der Waals surface area (Å²) in [6.45, 7) is 4.79. The van der Waals surface area contributed by atoms with Crippen molar-refractivity contribution in [2.45, 2.75) is 26.3 Å². The van der Waals surface area contributed by atoms with E-state index >= 15 is 0 Å². The lowest BCUT2D eigenvalue weighted by atomic mass is 10.0. The number of hydrogen-bond donors (Lipinski definition) is 1. The van der Waals surface area contributed by atoms with E-state index in [0.717, 1.165) is 30.0 Å². The maximum atomic E-state index is 10.6. The highest BCUT2D eigenvalue weighted by Crippen LogP contribution is 2.22. The summed E-state index contributed by atoms with van der Waals surface area (Å²) in [6, 6.07) is 10.6. The van der Waals surface area contributed by atoms with E-state index in [1.54, 1.807) is 12.1 Å². The van der Waals surface area contributed by atoms with Crippen LogP contribution in [0.3, 0.4) is 0 Å². The number of nitrogens with zero attached hydrogens (tertiary/aromatic N) is 1. The summed E-state index contributed by atoms with van der Waals surface area (Å²) in [5, 5.41) is 14.0. The fourth-order valence-corrected chi connectivity index (χ4v) is 2.15. The molecule has 1 aromatic heterocycles. The van der Waals surface area contributed by atoms with Gasteiger partial charge in [0.15, 0.2) is 0 Å². The fourth-order valence-electron chi connectivity index (χ4n) is 2.15. The maximum absolute atomic E-state index is 10.6. The summed E-state index contributed by atoms with van der Waals surface area (Å²) in [5.74, 6) is 1.77. The molecule has 106 valence electrons. The van der Waals surface area contributed by atoms with Gasteiger partial charge in [0.1, 0.15) is 11.5 Å². The highest BCUT2D eigenvalue weighted by Gasteiger charge is 2.15. The number of nitrogens with one attached hydrogen (secondary N) is 1. The van der Waals surface area contributed by atoms with Crippen molar-refractivity contribution in [3.8, 4) is 0 Å². The third-order valence-electron chi connectivity index (χ3n) is 3.14. The van der Waals surface area contributed by atoms with E-state index in [1.165, 1.54) is 12.1 Å². The number of aryl methyl sites for hydroxylation is 1. The Bertz CT molecular complexity index is 575. The first-order valence-corrected chi connectivity index (χ1v) is 6.63. The molecule has 0 saturated heterocycles. The standard InChI is InChI=1S/C15H18N2O3/c1-3-16-14(15-9-4-11(2)20-15)10-12-5-7-13(8-6-12)17(18)19/h4-9,14,16H,3,10H2,1-2H3. The van der Waals surface area contributed by atoms with Gasteiger partial charge >= 0.3 is 0 Å². The molecule has 0 aliphatic rings. The Kier molecular flexibility index (Phi) is 4.53. The molecule has 0 aliphatic heterocycles. The normalized spacial score (nSPS) is 12.3. The Hall–Kier alpha value is -2.14. The van der Waals surface area contributed by atoms with E-state index < -0.39 is 0 Å². The molecular formula is C15H18N2O3. The number of benzene rings is 1. The summed E-state index contributed by atoms with van der Waals surface area (Å²) in [4.78, 5) is 10.3. The Morgan fingerprint density at radius 1 is 1.25 bits per heavy atom. The van der Waals surface area contributed by atoms with E-state index in [4.69, 9.17) is 4.42 Å². The zero-order chi connectivity index (χ0) is 14.5. The summed E-state index contributed by atoms with van der Waals surface area (Å²) >= 11 is 0. The van der Waals surface area contributed by atoms with Gasteiger partial charge in [-0.2, -0.15) is 0 Å². The smallest absolute Gasteiger partial charge is 0.269 e. The Labute approximate surface area is 117 Å². The third-order valence-corrected chi connectivity index (χ3v) is 3.14. The molecule has 20 heavy (non-hydrogen) atoms. The molecule has 1 N–H and O–H groups in total. The Morgan fingerprint density at radius 3 is 2.45 bits per heavy atom. The van der Waals surface area contributed by atoms with Crippen molar-refractivity contribution in [1.29, 1.82) is 0 Å². The average Bonchev–Trinajstić information content (AvgIpc) is 2.85. The predicted octanol–water partition coefficient (Wildman–Crippen LogP) is 3.39. The summed E-state index contributed by atoms with van der Waals surface area (Å²) in [5.41, 5.74) is 1.15. The lowest BCUT2D eigenvalue weighted by molar-refractivity contribution is -0.384. The number of hydrogen-bond acceptors (Lipinski definition) is 4. The number of rotatable bonds is 6. The highest BCUT2D eigenvalue weighted by molar-refractivity contribution is 5.33. The van der Waals surface area contributed by atoms with Crippen molar-refractivity contribution in [2.75, 3.05) is 6.54 Å². The maximum Gasteiger partial charge on any atom is 0.269 e. The quantitative estimate of drug-likeness (QED) is 0.647. The van der Waals surface area contributed by atoms with Crippen molar-refractivity contribution in [1.82, 2.24) is 5.32 Å². The van der Waals surface area contributed by atoms with Crippen molar-refractivity contribution >= 4 is 5.69 Å². The minimum atomic E-state index is -0.387. The molecular weight excluding hydrogens is 256 g/mol. The molecule has 0 fully saturated rings. The number of nitro groups is 1. The predicted molar refractivity (Wildman–Crippen MR) is 76.7 cm³/mol. The van der Waals surface area contributed by atoms with Gasteiger partial charge < -0.3 is 9.73 Å². The van der Waals surface area contributed by atoms with Crippen LogP contribution in [0.25, 0.3) is 0 Å². The van der Waals surface area contributed by atoms with Gasteiger partial charge in [-0.15, -0.1) is 0 Å². The lowest BCUT2D eigenvalue weighted by Crippen LogP contribution is -2.22. The van der Waals surface area contributed by atoms with E-state index in [9.17, 15) is 10.1 Å². The monoisotopic (exact) mass is 274 g/mol. The van der Waals surface area contributed by atoms with Gasteiger partial charge in [-0.3, -0.25) is 10.1 Å². The van der Waals surface area contributed by atoms with Crippen LogP contribution in [0, 0.1) is 17.0 Å². The SMILES string of the molecule is CCNC(Cc1ccc([N+](=O)[O-])cc1)c1ccc(C)o1. The molecule has 1 heterocycles. The highest BCUT2D eigenvalue weighted by atomic mass is 16.6. The van der Waals surface area contributed by atoms with E-state index in [0.29, 0.717) is 0 Å². The summed E-state index contributed by atoms with van der Waals surface area (Å²) < 4.78 is 5.66. The van der Waals surface area contributed by atoms with Crippen molar-refractivity contribution in [3.05, 3.63) is 63.6 Å². The third kappa shape index (κ3) is 3.45. The van der Waals surface area contributed by atoms with E-state index in [2.05, 4.69) is 5.32 Å². The topological polar surface area (TPSA) is 68.3 Å². The van der Waals surface area contributed by atoms with Gasteiger partial charge in [-0.05, 0) is 37.6 Å². The number of non-ortho nitro benzene ring substituents is 1. The number of nitro benzene ring substituents is 1. The summed E-state index contributed by atoms with van der Waals surface area (Å²) in [7, 11) is 0. The Morgan fingerprint density at radius 2 is 1.95 bits per heavy atom. The molecule has 0 saturated carbocycles. The van der Waals surface area contributed by atoms with Crippen LogP contribution in [0.5, 0.6) is 0 Å². The Balaban J connectivity index is 2.13. The van der Waals surface area contributed by atoms with Crippen molar-refractivity contribution < 1.29 is 9.34 Å². The molecule has 5 heteroatoms. The van der Waals surface area contributed by atoms with Crippen molar-refractivity contribution in [3.63, 3.8) is 0 Å². The summed E-state index contributed by atoms with van der Waals surface area (Å²) in [6.07, 6.45) is 0.735. The van der Waals surface area contributed by atoms with Gasteiger partial charge in [-0.25, -0.2) is 0 Å². The van der Waals surface area contributed by atoms with Crippen LogP contribution >= 0.6 is 0 Å². The molecule has 2 aromatic rings. The average molecular weight is 274 g/mol. The van der Waals surface area contributed by atoms with Crippen LogP contribution in [0.4, 0.5) is 5.69 Å². The lowest BCUT2D eigenvalue weighted by Gasteiger charge is -2.15. The molecule has 0 spiro atoms. The second-order valence-corrected chi connectivity index (χ2v) is 4.69. The molecule has 2 rings (SSSR count). The number of likely N-dealkylation sites (N-methyl/N-ethyl adjacent to an activating group) is 1. The molecule has 0 aliphatic carbocycles. The van der Waals surface area contributed by atoms with Gasteiger partial charge in [-0.1, -0.05) is 19.1 Å². The second-order valence-electron chi connectivity index (χ2n) is 4.69. The molecule has 0 radical (unpaired) electrons. The van der Waals surface area contributed by atoms with Crippen LogP contribution in [0.15, 0.2) is 40.8 Å². The van der Waals surface area contributed by atoms with Gasteiger partial charge in [0.2, 0.25) is 0 Å². The largest absolute Gasteiger partial charge is 0.465 e. The minimum absolute atomic E-state index is 0.0788. The first kappa shape index (κ1) is 14.3. The minimum Gasteiger partial charge on any atom is -0.465 e. The van der Waals surface area contributed by atoms with Gasteiger partial charge in [0.25, 0.3) is 5.69 Å². The fraction of sp³-hybridized carbons (Fsp3) is 0.333. The first-order chi connectivity index (χ1) is 9.60. The molecule has 1 atom stereocenters. The van der Waals surface area contributed by atoms with Crippen LogP contribution < -0.4 is 5.32 Å². The molecule has 0 bridgehead atoms. The number of furan rings is 1. The zero-order valence-electron chi connectivity index (χ0n) is 11.6. The van der Waals surface area contributed by atoms with Gasteiger partial charge in [0.05, 0.1) is 11.0 Å². The van der Waals surface area contributed by atoms with Crippen LogP contribution in [0.2, 0.25) is 0 Å². The molecule has 1 unspecified atom stereocenters. The van der Waals surface area contributed by atoms with Crippen LogP contribution in [0.1, 0.15) is 30.0 Å².